The molecular weight excluding hydrogens is 403 g/mol. The van der Waals surface area contributed by atoms with Crippen LogP contribution in [0, 0.1) is 0 Å². The van der Waals surface area contributed by atoms with E-state index < -0.39 is 8.60 Å². The molecule has 0 aliphatic rings. The molecule has 0 heterocycles. The van der Waals surface area contributed by atoms with Crippen LogP contribution in [0.4, 0.5) is 0 Å². The zero-order valence-corrected chi connectivity index (χ0v) is 18.8. The van der Waals surface area contributed by atoms with Crippen molar-refractivity contribution in [3.63, 3.8) is 0 Å². The fourth-order valence-corrected chi connectivity index (χ4v) is 3.67. The Labute approximate surface area is 181 Å². The molecule has 3 nitrogen and oxygen atoms in total. The number of halogens is 1. The number of aryl methyl sites for hydroxylation is 3. The van der Waals surface area contributed by atoms with Gasteiger partial charge in [0, 0.05) is 0 Å². The van der Waals surface area contributed by atoms with Crippen molar-refractivity contribution in [1.82, 2.24) is 0 Å². The molecule has 0 atom stereocenters. The zero-order chi connectivity index (χ0) is 19.8. The second kappa shape index (κ2) is 11.7. The molecule has 0 aromatic heterocycles. The van der Waals surface area contributed by atoms with Gasteiger partial charge in [-0.15, -0.1) is 12.4 Å². The molecule has 0 spiro atoms. The number of hydrogen-bond acceptors (Lipinski definition) is 3. The Morgan fingerprint density at radius 3 is 0.931 bits per heavy atom. The maximum atomic E-state index is 6.06. The van der Waals surface area contributed by atoms with Crippen molar-refractivity contribution < 1.29 is 13.6 Å². The lowest BCUT2D eigenvalue weighted by Gasteiger charge is -2.18. The molecule has 3 rings (SSSR count). The minimum Gasteiger partial charge on any atom is -0.409 e. The van der Waals surface area contributed by atoms with E-state index in [0.29, 0.717) is 0 Å². The summed E-state index contributed by atoms with van der Waals surface area (Å²) in [5, 5.41) is 0. The van der Waals surface area contributed by atoms with Crippen molar-refractivity contribution in [2.24, 2.45) is 0 Å². The third-order valence-electron chi connectivity index (χ3n) is 4.53. The molecule has 154 valence electrons. The molecule has 0 aliphatic heterocycles. The molecule has 0 saturated carbocycles. The lowest BCUT2D eigenvalue weighted by Crippen LogP contribution is -2.02. The highest BCUT2D eigenvalue weighted by Gasteiger charge is 2.20. The second-order valence-corrected chi connectivity index (χ2v) is 7.48. The smallest absolute Gasteiger partial charge is 0.409 e. The molecule has 3 aromatic rings. The first-order valence-corrected chi connectivity index (χ1v) is 10.9. The molecule has 0 saturated heterocycles. The van der Waals surface area contributed by atoms with Crippen LogP contribution in [-0.2, 0) is 19.3 Å². The van der Waals surface area contributed by atoms with Gasteiger partial charge in [0.1, 0.15) is 17.2 Å². The summed E-state index contributed by atoms with van der Waals surface area (Å²) in [6.45, 7) is 6.40. The van der Waals surface area contributed by atoms with E-state index in [1.807, 2.05) is 36.4 Å². The summed E-state index contributed by atoms with van der Waals surface area (Å²) >= 11 is 0. The van der Waals surface area contributed by atoms with Crippen molar-refractivity contribution >= 4 is 21.0 Å². The molecule has 0 unspecified atom stereocenters. The zero-order valence-electron chi connectivity index (χ0n) is 17.1. The Morgan fingerprint density at radius 2 is 0.724 bits per heavy atom. The average molecular weight is 431 g/mol. The molecule has 29 heavy (non-hydrogen) atoms. The summed E-state index contributed by atoms with van der Waals surface area (Å²) in [6.07, 6.45) is 2.99. The van der Waals surface area contributed by atoms with E-state index in [2.05, 4.69) is 57.2 Å². The normalized spacial score (nSPS) is 10.3. The van der Waals surface area contributed by atoms with Gasteiger partial charge in [0.2, 0.25) is 0 Å². The topological polar surface area (TPSA) is 27.7 Å². The van der Waals surface area contributed by atoms with Crippen LogP contribution < -0.4 is 13.6 Å². The third kappa shape index (κ3) is 6.96. The average Bonchev–Trinajstić information content (AvgIpc) is 2.75. The van der Waals surface area contributed by atoms with Crippen LogP contribution in [-0.4, -0.2) is 0 Å². The highest BCUT2D eigenvalue weighted by Crippen LogP contribution is 2.42. The van der Waals surface area contributed by atoms with E-state index in [4.69, 9.17) is 13.6 Å². The summed E-state index contributed by atoms with van der Waals surface area (Å²) in [5.41, 5.74) is 3.80. The van der Waals surface area contributed by atoms with Crippen molar-refractivity contribution in [2.75, 3.05) is 0 Å². The largest absolute Gasteiger partial charge is 0.530 e. The van der Waals surface area contributed by atoms with E-state index in [-0.39, 0.29) is 12.4 Å². The summed E-state index contributed by atoms with van der Waals surface area (Å²) in [5.74, 6) is 2.20. The van der Waals surface area contributed by atoms with E-state index >= 15 is 0 Å². The lowest BCUT2D eigenvalue weighted by molar-refractivity contribution is 0.388. The minimum absolute atomic E-state index is 0. The predicted molar refractivity (Wildman–Crippen MR) is 124 cm³/mol. The Bertz CT molecular complexity index is 731. The molecule has 3 aromatic carbocycles. The maximum Gasteiger partial charge on any atom is 0.530 e. The van der Waals surface area contributed by atoms with Gasteiger partial charge in [-0.3, -0.25) is 0 Å². The van der Waals surface area contributed by atoms with Gasteiger partial charge in [0.15, 0.2) is 0 Å². The lowest BCUT2D eigenvalue weighted by atomic mass is 10.2. The van der Waals surface area contributed by atoms with E-state index in [1.54, 1.807) is 0 Å². The molecule has 0 amide bonds. The molecule has 5 heteroatoms. The fraction of sp³-hybridized carbons (Fsp3) is 0.250. The number of rotatable bonds is 9. The van der Waals surface area contributed by atoms with Crippen LogP contribution in [0.3, 0.4) is 0 Å². The highest BCUT2D eigenvalue weighted by molar-refractivity contribution is 7.43. The van der Waals surface area contributed by atoms with Gasteiger partial charge in [-0.2, -0.15) is 0 Å². The second-order valence-electron chi connectivity index (χ2n) is 6.49. The monoisotopic (exact) mass is 430 g/mol. The highest BCUT2D eigenvalue weighted by atomic mass is 35.5. The third-order valence-corrected chi connectivity index (χ3v) is 5.61. The van der Waals surface area contributed by atoms with Crippen LogP contribution in [0.5, 0.6) is 17.2 Å². The summed E-state index contributed by atoms with van der Waals surface area (Å²) in [4.78, 5) is 0. The van der Waals surface area contributed by atoms with Crippen LogP contribution in [0.15, 0.2) is 72.8 Å². The molecule has 0 fully saturated rings. The Hall–Kier alpha value is -2.22. The van der Waals surface area contributed by atoms with Crippen molar-refractivity contribution in [3.05, 3.63) is 89.5 Å². The number of benzene rings is 3. The quantitative estimate of drug-likeness (QED) is 0.328. The molecule has 0 bridgehead atoms. The van der Waals surface area contributed by atoms with Crippen LogP contribution in [0.2, 0.25) is 0 Å². The maximum absolute atomic E-state index is 6.06. The molecule has 0 N–H and O–H groups in total. The van der Waals surface area contributed by atoms with Crippen molar-refractivity contribution in [3.8, 4) is 17.2 Å². The van der Waals surface area contributed by atoms with E-state index in [1.165, 1.54) is 16.7 Å². The first-order valence-electron chi connectivity index (χ1n) is 9.81. The Kier molecular flexibility index (Phi) is 9.31. The molecule has 0 radical (unpaired) electrons. The standard InChI is InChI=1S/C24H27O3P.ClH/c1-4-19-7-13-22(14-8-19)25-28(26-23-15-9-20(5-2)10-16-23)27-24-17-11-21(6-3)12-18-24;/h7-18H,4-6H2,1-3H3;1H. The SMILES string of the molecule is CCc1ccc(OP(Oc2ccc(CC)cc2)Oc2ccc(CC)cc2)cc1.Cl. The van der Waals surface area contributed by atoms with E-state index in [9.17, 15) is 0 Å². The van der Waals surface area contributed by atoms with Gasteiger partial charge in [-0.05, 0) is 72.4 Å². The summed E-state index contributed by atoms with van der Waals surface area (Å²) in [6, 6.07) is 24.1. The fourth-order valence-electron chi connectivity index (χ4n) is 2.67. The Balaban J connectivity index is 0.00000300. The minimum atomic E-state index is -1.63. The van der Waals surface area contributed by atoms with Crippen LogP contribution in [0.1, 0.15) is 37.5 Å². The first-order chi connectivity index (χ1) is 13.7. The predicted octanol–water partition coefficient (Wildman–Crippen LogP) is 7.56. The van der Waals surface area contributed by atoms with Gasteiger partial charge in [0.25, 0.3) is 0 Å². The van der Waals surface area contributed by atoms with Crippen LogP contribution in [0.25, 0.3) is 0 Å². The van der Waals surface area contributed by atoms with Gasteiger partial charge in [0.05, 0.1) is 0 Å². The molecule has 0 aliphatic carbocycles. The van der Waals surface area contributed by atoms with E-state index in [0.717, 1.165) is 36.5 Å². The Morgan fingerprint density at radius 1 is 0.483 bits per heavy atom. The molecular formula is C24H28ClO3P. The van der Waals surface area contributed by atoms with Gasteiger partial charge in [-0.1, -0.05) is 57.2 Å². The summed E-state index contributed by atoms with van der Waals surface area (Å²) < 4.78 is 18.2. The number of hydrogen-bond donors (Lipinski definition) is 0. The van der Waals surface area contributed by atoms with Gasteiger partial charge >= 0.3 is 8.60 Å². The van der Waals surface area contributed by atoms with Crippen molar-refractivity contribution in [2.45, 2.75) is 40.0 Å². The first kappa shape index (κ1) is 23.1. The summed E-state index contributed by atoms with van der Waals surface area (Å²) in [7, 11) is -1.63. The van der Waals surface area contributed by atoms with Gasteiger partial charge in [-0.25, -0.2) is 0 Å². The van der Waals surface area contributed by atoms with Crippen LogP contribution >= 0.6 is 21.0 Å². The van der Waals surface area contributed by atoms with Gasteiger partial charge < -0.3 is 13.6 Å². The van der Waals surface area contributed by atoms with Crippen molar-refractivity contribution in [1.29, 1.82) is 0 Å².